The molecule has 0 fully saturated rings. The van der Waals surface area contributed by atoms with Crippen molar-refractivity contribution in [3.63, 3.8) is 0 Å². The van der Waals surface area contributed by atoms with Gasteiger partial charge in [-0.2, -0.15) is 0 Å². The Morgan fingerprint density at radius 1 is 0.417 bits per heavy atom. The molecule has 0 N–H and O–H groups in total. The minimum absolute atomic E-state index is 0.888. The lowest BCUT2D eigenvalue weighted by Crippen LogP contribution is -1.94. The van der Waals surface area contributed by atoms with Crippen molar-refractivity contribution >= 4 is 33.5 Å². The topological polar surface area (TPSA) is 17.1 Å². The summed E-state index contributed by atoms with van der Waals surface area (Å²) in [5, 5.41) is 4.30. The molecular formula is C32H22OS3. The number of hydrogen-bond acceptors (Lipinski definition) is 3. The van der Waals surface area contributed by atoms with E-state index in [9.17, 15) is 4.21 Å². The van der Waals surface area contributed by atoms with Crippen LogP contribution in [0.4, 0.5) is 0 Å². The number of hydrogen-bond donors (Lipinski definition) is 0. The summed E-state index contributed by atoms with van der Waals surface area (Å²) in [5.74, 6) is 0. The van der Waals surface area contributed by atoms with E-state index in [1.807, 2.05) is 48.5 Å². The first-order valence-electron chi connectivity index (χ1n) is 11.7. The van der Waals surface area contributed by atoms with Crippen LogP contribution in [0, 0.1) is 0 Å². The molecule has 6 aromatic rings. The molecule has 4 aromatic carbocycles. The summed E-state index contributed by atoms with van der Waals surface area (Å²) >= 11 is 3.17. The monoisotopic (exact) mass is 518 g/mol. The first kappa shape index (κ1) is 22.9. The predicted molar refractivity (Wildman–Crippen MR) is 155 cm³/mol. The number of benzene rings is 4. The van der Waals surface area contributed by atoms with Gasteiger partial charge >= 0.3 is 0 Å². The van der Waals surface area contributed by atoms with Crippen molar-refractivity contribution in [2.45, 2.75) is 8.42 Å². The van der Waals surface area contributed by atoms with Crippen LogP contribution in [-0.2, 0) is 10.8 Å². The van der Waals surface area contributed by atoms with Crippen LogP contribution in [0.15, 0.2) is 141 Å². The standard InChI is InChI=1S/C32H22OS3/c33-36(31-29(25-17-9-3-10-18-25)27(21-34-31)23-13-5-1-6-14-23)32-30(26-19-11-4-12-20-26)28(22-35-32)24-15-7-2-8-16-24/h1-22H. The smallest absolute Gasteiger partial charge is 0.107 e. The van der Waals surface area contributed by atoms with E-state index in [2.05, 4.69) is 83.6 Å². The maximum Gasteiger partial charge on any atom is 0.107 e. The molecular weight excluding hydrogens is 497 g/mol. The lowest BCUT2D eigenvalue weighted by Gasteiger charge is -2.11. The van der Waals surface area contributed by atoms with Crippen LogP contribution < -0.4 is 0 Å². The molecule has 0 spiro atoms. The third-order valence-corrected chi connectivity index (χ3v) is 10.3. The minimum atomic E-state index is -1.34. The maximum atomic E-state index is 14.5. The highest BCUT2D eigenvalue weighted by molar-refractivity contribution is 7.89. The molecule has 0 radical (unpaired) electrons. The Morgan fingerprint density at radius 3 is 1.06 bits per heavy atom. The molecule has 0 atom stereocenters. The van der Waals surface area contributed by atoms with Gasteiger partial charge in [-0.15, -0.1) is 22.7 Å². The van der Waals surface area contributed by atoms with Gasteiger partial charge in [0.25, 0.3) is 0 Å². The second-order valence-electron chi connectivity index (χ2n) is 8.36. The maximum absolute atomic E-state index is 14.5. The second-order valence-corrected chi connectivity index (χ2v) is 12.0. The SMILES string of the molecule is O=S(c1scc(-c2ccccc2)c1-c1ccccc1)c1scc(-c2ccccc2)c1-c1ccccc1. The fraction of sp³-hybridized carbons (Fsp3) is 0. The molecule has 4 heteroatoms. The molecule has 0 aliphatic heterocycles. The van der Waals surface area contributed by atoms with Gasteiger partial charge in [0.05, 0.1) is 0 Å². The second kappa shape index (κ2) is 10.2. The highest BCUT2D eigenvalue weighted by Gasteiger charge is 2.26. The fourth-order valence-electron chi connectivity index (χ4n) is 4.45. The van der Waals surface area contributed by atoms with E-state index in [1.165, 1.54) is 0 Å². The summed E-state index contributed by atoms with van der Waals surface area (Å²) in [6, 6.07) is 41.4. The molecule has 1 nitrogen and oxygen atoms in total. The summed E-state index contributed by atoms with van der Waals surface area (Å²) in [7, 11) is -1.34. The lowest BCUT2D eigenvalue weighted by atomic mass is 9.99. The Bertz CT molecular complexity index is 1490. The first-order chi connectivity index (χ1) is 17.8. The quantitative estimate of drug-likeness (QED) is 0.214. The van der Waals surface area contributed by atoms with Crippen LogP contribution >= 0.6 is 22.7 Å². The van der Waals surface area contributed by atoms with E-state index in [1.54, 1.807) is 22.7 Å². The highest BCUT2D eigenvalue weighted by atomic mass is 32.2. The molecule has 0 aliphatic carbocycles. The Labute approximate surface area is 221 Å². The van der Waals surface area contributed by atoms with Crippen LogP contribution in [0.25, 0.3) is 44.5 Å². The first-order valence-corrected chi connectivity index (χ1v) is 14.6. The van der Waals surface area contributed by atoms with E-state index >= 15 is 0 Å². The van der Waals surface area contributed by atoms with Crippen molar-refractivity contribution in [2.24, 2.45) is 0 Å². The molecule has 0 aliphatic rings. The molecule has 6 rings (SSSR count). The summed E-state index contributed by atoms with van der Waals surface area (Å²) < 4.78 is 16.2. The van der Waals surface area contributed by atoms with Crippen molar-refractivity contribution < 1.29 is 4.21 Å². The minimum Gasteiger partial charge on any atom is -0.247 e. The van der Waals surface area contributed by atoms with E-state index in [-0.39, 0.29) is 0 Å². The van der Waals surface area contributed by atoms with Gasteiger partial charge in [-0.1, -0.05) is 121 Å². The normalized spacial score (nSPS) is 11.1. The van der Waals surface area contributed by atoms with E-state index in [4.69, 9.17) is 0 Å². The molecule has 0 bridgehead atoms. The van der Waals surface area contributed by atoms with Gasteiger partial charge in [0.15, 0.2) is 0 Å². The summed E-state index contributed by atoms with van der Waals surface area (Å²) in [4.78, 5) is 0. The highest BCUT2D eigenvalue weighted by Crippen LogP contribution is 2.47. The summed E-state index contributed by atoms with van der Waals surface area (Å²) in [5.41, 5.74) is 8.79. The van der Waals surface area contributed by atoms with E-state index in [0.717, 1.165) is 52.9 Å². The number of thiophene rings is 2. The zero-order valence-corrected chi connectivity index (χ0v) is 21.8. The molecule has 0 unspecified atom stereocenters. The predicted octanol–water partition coefficient (Wildman–Crippen LogP) is 9.64. The zero-order valence-electron chi connectivity index (χ0n) is 19.3. The van der Waals surface area contributed by atoms with Gasteiger partial charge < -0.3 is 0 Å². The molecule has 2 heterocycles. The van der Waals surface area contributed by atoms with E-state index in [0.29, 0.717) is 0 Å². The molecule has 36 heavy (non-hydrogen) atoms. The molecule has 2 aromatic heterocycles. The van der Waals surface area contributed by atoms with Gasteiger partial charge in [0.2, 0.25) is 0 Å². The van der Waals surface area contributed by atoms with Crippen molar-refractivity contribution in [1.82, 2.24) is 0 Å². The molecule has 0 saturated carbocycles. The third kappa shape index (κ3) is 4.28. The number of rotatable bonds is 6. The fourth-order valence-corrected chi connectivity index (χ4v) is 8.74. The summed E-state index contributed by atoms with van der Waals surface area (Å²) in [6.07, 6.45) is 0. The zero-order chi connectivity index (χ0) is 24.3. The van der Waals surface area contributed by atoms with Crippen molar-refractivity contribution in [2.75, 3.05) is 0 Å². The Kier molecular flexibility index (Phi) is 6.48. The lowest BCUT2D eigenvalue weighted by molar-refractivity contribution is 0.686. The van der Waals surface area contributed by atoms with Gasteiger partial charge in [-0.25, -0.2) is 4.21 Å². The summed E-state index contributed by atoms with van der Waals surface area (Å²) in [6.45, 7) is 0. The van der Waals surface area contributed by atoms with E-state index < -0.39 is 10.8 Å². The Balaban J connectivity index is 1.56. The van der Waals surface area contributed by atoms with Crippen molar-refractivity contribution in [3.8, 4) is 44.5 Å². The molecule has 174 valence electrons. The van der Waals surface area contributed by atoms with Gasteiger partial charge in [-0.05, 0) is 22.3 Å². The van der Waals surface area contributed by atoms with Gasteiger partial charge in [-0.3, -0.25) is 0 Å². The average molecular weight is 519 g/mol. The van der Waals surface area contributed by atoms with Crippen LogP contribution in [0.2, 0.25) is 0 Å². The van der Waals surface area contributed by atoms with Gasteiger partial charge in [0, 0.05) is 33.0 Å². The average Bonchev–Trinajstić information content (AvgIpc) is 3.60. The largest absolute Gasteiger partial charge is 0.247 e. The molecule has 0 amide bonds. The van der Waals surface area contributed by atoms with Crippen LogP contribution in [-0.4, -0.2) is 4.21 Å². The Hall–Kier alpha value is -3.57. The van der Waals surface area contributed by atoms with Crippen LogP contribution in [0.3, 0.4) is 0 Å². The van der Waals surface area contributed by atoms with Crippen LogP contribution in [0.1, 0.15) is 0 Å². The third-order valence-electron chi connectivity index (χ3n) is 6.15. The molecule has 0 saturated heterocycles. The Morgan fingerprint density at radius 2 is 0.722 bits per heavy atom. The van der Waals surface area contributed by atoms with Crippen LogP contribution in [0.5, 0.6) is 0 Å². The van der Waals surface area contributed by atoms with Crippen molar-refractivity contribution in [3.05, 3.63) is 132 Å². The van der Waals surface area contributed by atoms with Gasteiger partial charge in [0.1, 0.15) is 19.2 Å². The van der Waals surface area contributed by atoms with Crippen molar-refractivity contribution in [1.29, 1.82) is 0 Å².